The Hall–Kier alpha value is -3.28. The molecule has 3 rings (SSSR count). The summed E-state index contributed by atoms with van der Waals surface area (Å²) in [6, 6.07) is 12.8. The molecule has 0 fully saturated rings. The summed E-state index contributed by atoms with van der Waals surface area (Å²) in [4.78, 5) is 27.5. The van der Waals surface area contributed by atoms with E-state index in [1.165, 1.54) is 6.92 Å². The molecule has 1 aromatic heterocycles. The van der Waals surface area contributed by atoms with Gasteiger partial charge in [0.2, 0.25) is 11.8 Å². The normalized spacial score (nSPS) is 11.3. The number of fused-ring (bicyclic) bond motifs is 1. The number of anilines is 2. The number of hydrogen-bond donors (Lipinski definition) is 3. The largest absolute Gasteiger partial charge is 0.497 e. The van der Waals surface area contributed by atoms with Gasteiger partial charge in [0.15, 0.2) is 0 Å². The molecule has 0 aliphatic carbocycles. The zero-order valence-corrected chi connectivity index (χ0v) is 15.8. The van der Waals surface area contributed by atoms with Crippen molar-refractivity contribution in [2.45, 2.75) is 26.2 Å². The van der Waals surface area contributed by atoms with Crippen molar-refractivity contribution in [3.63, 3.8) is 0 Å². The van der Waals surface area contributed by atoms with Crippen LogP contribution < -0.4 is 15.4 Å². The molecule has 140 valence electrons. The van der Waals surface area contributed by atoms with Crippen molar-refractivity contribution in [2.75, 3.05) is 17.7 Å². The molecular weight excluding hydrogens is 342 g/mol. The van der Waals surface area contributed by atoms with E-state index < -0.39 is 5.41 Å². The molecule has 0 atom stereocenters. The van der Waals surface area contributed by atoms with Crippen LogP contribution in [0.4, 0.5) is 11.4 Å². The number of carbonyl (C=O) groups excluding carboxylic acids is 2. The number of amides is 2. The molecule has 6 heteroatoms. The first kappa shape index (κ1) is 18.5. The van der Waals surface area contributed by atoms with E-state index in [1.54, 1.807) is 31.4 Å². The molecular formula is C21H23N3O3. The first-order chi connectivity index (χ1) is 12.8. The van der Waals surface area contributed by atoms with Crippen LogP contribution in [0.1, 0.15) is 26.3 Å². The van der Waals surface area contributed by atoms with Gasteiger partial charge in [0.25, 0.3) is 0 Å². The van der Waals surface area contributed by atoms with E-state index in [9.17, 15) is 9.59 Å². The lowest BCUT2D eigenvalue weighted by molar-refractivity contribution is -0.120. The minimum absolute atomic E-state index is 0.147. The van der Waals surface area contributed by atoms with Gasteiger partial charge in [-0.2, -0.15) is 0 Å². The minimum Gasteiger partial charge on any atom is -0.497 e. The Kier molecular flexibility index (Phi) is 4.90. The summed E-state index contributed by atoms with van der Waals surface area (Å²) in [5.74, 6) is 0.431. The van der Waals surface area contributed by atoms with Crippen LogP contribution in [-0.4, -0.2) is 23.9 Å². The molecule has 1 heterocycles. The molecule has 0 radical (unpaired) electrons. The lowest BCUT2D eigenvalue weighted by Gasteiger charge is -2.23. The third-order valence-electron chi connectivity index (χ3n) is 4.57. The molecule has 6 nitrogen and oxygen atoms in total. The second-order valence-electron chi connectivity index (χ2n) is 6.95. The number of benzene rings is 2. The van der Waals surface area contributed by atoms with Crippen molar-refractivity contribution in [2.24, 2.45) is 0 Å². The van der Waals surface area contributed by atoms with Crippen LogP contribution in [0.2, 0.25) is 0 Å². The van der Waals surface area contributed by atoms with Crippen LogP contribution in [-0.2, 0) is 15.0 Å². The van der Waals surface area contributed by atoms with Crippen LogP contribution in [0.5, 0.6) is 5.75 Å². The third-order valence-corrected chi connectivity index (χ3v) is 4.57. The fourth-order valence-corrected chi connectivity index (χ4v) is 3.03. The van der Waals surface area contributed by atoms with E-state index in [-0.39, 0.29) is 11.8 Å². The zero-order valence-electron chi connectivity index (χ0n) is 15.8. The Labute approximate surface area is 157 Å². The maximum Gasteiger partial charge on any atom is 0.234 e. The lowest BCUT2D eigenvalue weighted by atomic mass is 9.83. The predicted molar refractivity (Wildman–Crippen MR) is 107 cm³/mol. The second kappa shape index (κ2) is 7.15. The van der Waals surface area contributed by atoms with E-state index in [2.05, 4.69) is 15.6 Å². The van der Waals surface area contributed by atoms with Crippen molar-refractivity contribution in [1.29, 1.82) is 0 Å². The third kappa shape index (κ3) is 3.79. The number of H-pyrrole nitrogens is 1. The van der Waals surface area contributed by atoms with E-state index >= 15 is 0 Å². The summed E-state index contributed by atoms with van der Waals surface area (Å²) in [5.41, 5.74) is 2.30. The molecule has 0 aliphatic heterocycles. The highest BCUT2D eigenvalue weighted by Crippen LogP contribution is 2.33. The quantitative estimate of drug-likeness (QED) is 0.638. The van der Waals surface area contributed by atoms with Gasteiger partial charge in [-0.25, -0.2) is 0 Å². The highest BCUT2D eigenvalue weighted by atomic mass is 16.5. The minimum atomic E-state index is -0.783. The Bertz CT molecular complexity index is 1000. The summed E-state index contributed by atoms with van der Waals surface area (Å²) in [6.45, 7) is 5.20. The van der Waals surface area contributed by atoms with Crippen LogP contribution in [0.15, 0.2) is 48.7 Å². The lowest BCUT2D eigenvalue weighted by Crippen LogP contribution is -2.34. The number of ether oxygens (including phenoxy) is 1. The number of aromatic amines is 1. The molecule has 0 aliphatic rings. The summed E-state index contributed by atoms with van der Waals surface area (Å²) in [7, 11) is 1.62. The first-order valence-electron chi connectivity index (χ1n) is 8.66. The van der Waals surface area contributed by atoms with Crippen molar-refractivity contribution in [1.82, 2.24) is 4.98 Å². The Morgan fingerprint density at radius 1 is 1.04 bits per heavy atom. The van der Waals surface area contributed by atoms with Crippen LogP contribution in [0.3, 0.4) is 0 Å². The second-order valence-corrected chi connectivity index (χ2v) is 6.95. The average molecular weight is 365 g/mol. The highest BCUT2D eigenvalue weighted by Gasteiger charge is 2.32. The topological polar surface area (TPSA) is 83.2 Å². The van der Waals surface area contributed by atoms with Gasteiger partial charge in [-0.05, 0) is 55.8 Å². The summed E-state index contributed by atoms with van der Waals surface area (Å²) in [5, 5.41) is 6.60. The molecule has 2 amide bonds. The number of aromatic nitrogens is 1. The summed E-state index contributed by atoms with van der Waals surface area (Å²) < 4.78 is 5.31. The molecule has 0 saturated carbocycles. The van der Waals surface area contributed by atoms with Gasteiger partial charge < -0.3 is 20.4 Å². The van der Waals surface area contributed by atoms with Gasteiger partial charge in [0.05, 0.1) is 12.5 Å². The van der Waals surface area contributed by atoms with Gasteiger partial charge in [-0.3, -0.25) is 9.59 Å². The van der Waals surface area contributed by atoms with Gasteiger partial charge in [0, 0.05) is 35.4 Å². The number of hydrogen-bond acceptors (Lipinski definition) is 3. The number of rotatable bonds is 5. The Morgan fingerprint density at radius 3 is 2.41 bits per heavy atom. The monoisotopic (exact) mass is 365 g/mol. The van der Waals surface area contributed by atoms with E-state index in [1.807, 2.05) is 38.2 Å². The molecule has 0 saturated heterocycles. The molecule has 0 unspecified atom stereocenters. The summed E-state index contributed by atoms with van der Waals surface area (Å²) >= 11 is 0. The Balaban J connectivity index is 1.89. The van der Waals surface area contributed by atoms with E-state index in [0.717, 1.165) is 22.2 Å². The molecule has 0 spiro atoms. The predicted octanol–water partition coefficient (Wildman–Crippen LogP) is 4.05. The molecule has 0 bridgehead atoms. The van der Waals surface area contributed by atoms with E-state index in [4.69, 9.17) is 4.74 Å². The zero-order chi connectivity index (χ0) is 19.6. The van der Waals surface area contributed by atoms with Crippen LogP contribution >= 0.6 is 0 Å². The Morgan fingerprint density at radius 2 is 1.74 bits per heavy atom. The molecule has 3 aromatic rings. The van der Waals surface area contributed by atoms with Gasteiger partial charge in [-0.1, -0.05) is 6.07 Å². The van der Waals surface area contributed by atoms with Crippen LogP contribution in [0, 0.1) is 0 Å². The van der Waals surface area contributed by atoms with Gasteiger partial charge in [-0.15, -0.1) is 0 Å². The smallest absolute Gasteiger partial charge is 0.234 e. The SMILES string of the molecule is COc1ccc2[nH]cc(C(C)(C)C(=O)Nc3cccc(NC(C)=O)c3)c2c1. The molecule has 27 heavy (non-hydrogen) atoms. The number of nitrogens with one attached hydrogen (secondary N) is 3. The van der Waals surface area contributed by atoms with E-state index in [0.29, 0.717) is 11.4 Å². The first-order valence-corrected chi connectivity index (χ1v) is 8.66. The van der Waals surface area contributed by atoms with Crippen molar-refractivity contribution in [3.8, 4) is 5.75 Å². The molecule has 3 N–H and O–H groups in total. The van der Waals surface area contributed by atoms with Crippen molar-refractivity contribution < 1.29 is 14.3 Å². The maximum absolute atomic E-state index is 13.0. The standard InChI is InChI=1S/C21H23N3O3/c1-13(25)23-14-6-5-7-15(10-14)24-20(26)21(2,3)18-12-22-19-9-8-16(27-4)11-17(18)19/h5-12,22H,1-4H3,(H,23,25)(H,24,26). The van der Waals surface area contributed by atoms with Gasteiger partial charge >= 0.3 is 0 Å². The number of methoxy groups -OCH3 is 1. The van der Waals surface area contributed by atoms with Crippen molar-refractivity contribution in [3.05, 3.63) is 54.2 Å². The number of carbonyl (C=O) groups is 2. The average Bonchev–Trinajstić information content (AvgIpc) is 3.05. The molecule has 2 aromatic carbocycles. The fraction of sp³-hybridized carbons (Fsp3) is 0.238. The highest BCUT2D eigenvalue weighted by molar-refractivity contribution is 6.02. The van der Waals surface area contributed by atoms with Crippen molar-refractivity contribution >= 4 is 34.1 Å². The van der Waals surface area contributed by atoms with Crippen LogP contribution in [0.25, 0.3) is 10.9 Å². The fourth-order valence-electron chi connectivity index (χ4n) is 3.03. The van der Waals surface area contributed by atoms with Gasteiger partial charge in [0.1, 0.15) is 5.75 Å². The maximum atomic E-state index is 13.0. The summed E-state index contributed by atoms with van der Waals surface area (Å²) in [6.07, 6.45) is 1.86.